The zero-order valence-corrected chi connectivity index (χ0v) is 10.9. The van der Waals surface area contributed by atoms with Crippen LogP contribution in [0.25, 0.3) is 0 Å². The van der Waals surface area contributed by atoms with Gasteiger partial charge >= 0.3 is 0 Å². The number of unbranched alkanes of at least 4 members (excludes halogenated alkanes) is 1. The molecule has 0 aliphatic carbocycles. The van der Waals surface area contributed by atoms with E-state index in [9.17, 15) is 0 Å². The second kappa shape index (κ2) is 8.12. The fraction of sp³-hybridized carbons (Fsp3) is 1.00. The number of methoxy groups -OCH3 is 1. The van der Waals surface area contributed by atoms with Gasteiger partial charge < -0.3 is 9.84 Å². The van der Waals surface area contributed by atoms with Gasteiger partial charge in [0.1, 0.15) is 0 Å². The van der Waals surface area contributed by atoms with Gasteiger partial charge in [0.05, 0.1) is 6.10 Å². The van der Waals surface area contributed by atoms with E-state index in [4.69, 9.17) is 9.84 Å². The number of ether oxygens (including phenoxy) is 1. The van der Waals surface area contributed by atoms with Crippen LogP contribution < -0.4 is 0 Å². The van der Waals surface area contributed by atoms with Gasteiger partial charge in [0.15, 0.2) is 0 Å². The molecule has 0 amide bonds. The molecule has 0 saturated heterocycles. The number of hydrogen-bond acceptors (Lipinski definition) is 2. The normalized spacial score (nSPS) is 14.2. The number of aliphatic hydroxyl groups excluding tert-OH is 1. The first-order valence-corrected chi connectivity index (χ1v) is 6.13. The molecule has 2 heteroatoms. The third-order valence-corrected chi connectivity index (χ3v) is 2.72. The Morgan fingerprint density at radius 1 is 1.07 bits per heavy atom. The van der Waals surface area contributed by atoms with Gasteiger partial charge in [0.25, 0.3) is 0 Å². The summed E-state index contributed by atoms with van der Waals surface area (Å²) in [5.41, 5.74) is 0.434. The fourth-order valence-corrected chi connectivity index (χ4v) is 1.72. The third-order valence-electron chi connectivity index (χ3n) is 2.72. The Kier molecular flexibility index (Phi) is 8.07. The average molecular weight is 216 g/mol. The quantitative estimate of drug-likeness (QED) is 0.630. The summed E-state index contributed by atoms with van der Waals surface area (Å²) in [5.74, 6) is 0. The van der Waals surface area contributed by atoms with Crippen molar-refractivity contribution in [1.29, 1.82) is 0 Å². The van der Waals surface area contributed by atoms with Gasteiger partial charge in [-0.3, -0.25) is 0 Å². The Hall–Kier alpha value is -0.0800. The Bertz CT molecular complexity index is 138. The predicted octanol–water partition coefficient (Wildman–Crippen LogP) is 3.38. The van der Waals surface area contributed by atoms with E-state index in [1.807, 2.05) is 0 Å². The lowest BCUT2D eigenvalue weighted by Crippen LogP contribution is -2.13. The van der Waals surface area contributed by atoms with E-state index in [1.165, 1.54) is 12.8 Å². The van der Waals surface area contributed by atoms with Crippen molar-refractivity contribution in [2.45, 2.75) is 65.4 Å². The van der Waals surface area contributed by atoms with Crippen LogP contribution in [0.15, 0.2) is 0 Å². The molecule has 0 aliphatic heterocycles. The van der Waals surface area contributed by atoms with Gasteiger partial charge in [-0.05, 0) is 37.5 Å². The van der Waals surface area contributed by atoms with Crippen molar-refractivity contribution in [2.75, 3.05) is 13.7 Å². The summed E-state index contributed by atoms with van der Waals surface area (Å²) in [6.07, 6.45) is 7.09. The molecule has 0 fully saturated rings. The van der Waals surface area contributed by atoms with E-state index in [-0.39, 0.29) is 0 Å². The summed E-state index contributed by atoms with van der Waals surface area (Å²) >= 11 is 0. The Morgan fingerprint density at radius 2 is 1.67 bits per heavy atom. The van der Waals surface area contributed by atoms with Crippen LogP contribution in [0.2, 0.25) is 0 Å². The van der Waals surface area contributed by atoms with Crippen LogP contribution in [0.4, 0.5) is 0 Å². The van der Waals surface area contributed by atoms with Crippen molar-refractivity contribution >= 4 is 0 Å². The van der Waals surface area contributed by atoms with Crippen LogP contribution in [0.1, 0.15) is 59.3 Å². The van der Waals surface area contributed by atoms with Gasteiger partial charge in [-0.1, -0.05) is 27.2 Å². The van der Waals surface area contributed by atoms with E-state index in [0.717, 1.165) is 25.7 Å². The second-order valence-electron chi connectivity index (χ2n) is 5.53. The molecule has 0 radical (unpaired) electrons. The third kappa shape index (κ3) is 10.2. The van der Waals surface area contributed by atoms with Crippen molar-refractivity contribution < 1.29 is 9.84 Å². The van der Waals surface area contributed by atoms with E-state index in [2.05, 4.69) is 20.8 Å². The van der Waals surface area contributed by atoms with Crippen molar-refractivity contribution in [2.24, 2.45) is 5.41 Å². The largest absolute Gasteiger partial charge is 0.396 e. The molecule has 0 saturated carbocycles. The van der Waals surface area contributed by atoms with Gasteiger partial charge in [-0.25, -0.2) is 0 Å². The molecule has 0 aromatic heterocycles. The van der Waals surface area contributed by atoms with Gasteiger partial charge in [0, 0.05) is 13.7 Å². The SMILES string of the molecule is CO[C@H](CCCCO)CCCC(C)(C)C. The van der Waals surface area contributed by atoms with Crippen LogP contribution >= 0.6 is 0 Å². The summed E-state index contributed by atoms with van der Waals surface area (Å²) < 4.78 is 5.43. The molecular weight excluding hydrogens is 188 g/mol. The molecule has 1 atom stereocenters. The molecular formula is C13H28O2. The highest BCUT2D eigenvalue weighted by molar-refractivity contribution is 4.64. The van der Waals surface area contributed by atoms with Crippen LogP contribution in [-0.4, -0.2) is 24.9 Å². The minimum Gasteiger partial charge on any atom is -0.396 e. The zero-order chi connectivity index (χ0) is 11.7. The summed E-state index contributed by atoms with van der Waals surface area (Å²) in [6.45, 7) is 7.14. The lowest BCUT2D eigenvalue weighted by molar-refractivity contribution is 0.0797. The monoisotopic (exact) mass is 216 g/mol. The molecule has 1 N–H and O–H groups in total. The standard InChI is InChI=1S/C13H28O2/c1-13(2,3)10-7-9-12(15-4)8-5-6-11-14/h12,14H,5-11H2,1-4H3/t12-/m1/s1. The lowest BCUT2D eigenvalue weighted by atomic mass is 9.89. The van der Waals surface area contributed by atoms with Crippen LogP contribution in [0.3, 0.4) is 0 Å². The highest BCUT2D eigenvalue weighted by Crippen LogP contribution is 2.23. The zero-order valence-electron chi connectivity index (χ0n) is 10.9. The molecule has 0 heterocycles. The first-order valence-electron chi connectivity index (χ1n) is 6.13. The molecule has 0 spiro atoms. The number of aliphatic hydroxyl groups is 1. The summed E-state index contributed by atoms with van der Waals surface area (Å²) in [4.78, 5) is 0. The number of rotatable bonds is 8. The average Bonchev–Trinajstić information content (AvgIpc) is 2.14. The van der Waals surface area contributed by atoms with Crippen molar-refractivity contribution in [3.63, 3.8) is 0 Å². The summed E-state index contributed by atoms with van der Waals surface area (Å²) in [6, 6.07) is 0. The van der Waals surface area contributed by atoms with E-state index < -0.39 is 0 Å². The maximum Gasteiger partial charge on any atom is 0.0571 e. The highest BCUT2D eigenvalue weighted by Gasteiger charge is 2.12. The summed E-state index contributed by atoms with van der Waals surface area (Å²) in [7, 11) is 1.79. The fourth-order valence-electron chi connectivity index (χ4n) is 1.72. The number of hydrogen-bond donors (Lipinski definition) is 1. The van der Waals surface area contributed by atoms with Crippen molar-refractivity contribution in [1.82, 2.24) is 0 Å². The Morgan fingerprint density at radius 3 is 2.13 bits per heavy atom. The lowest BCUT2D eigenvalue weighted by Gasteiger charge is -2.20. The van der Waals surface area contributed by atoms with Gasteiger partial charge in [0.2, 0.25) is 0 Å². The predicted molar refractivity (Wildman–Crippen MR) is 65.0 cm³/mol. The van der Waals surface area contributed by atoms with Crippen molar-refractivity contribution in [3.05, 3.63) is 0 Å². The molecule has 0 bridgehead atoms. The molecule has 0 aromatic carbocycles. The maximum absolute atomic E-state index is 8.69. The van der Waals surface area contributed by atoms with Gasteiger partial charge in [-0.15, -0.1) is 0 Å². The molecule has 15 heavy (non-hydrogen) atoms. The second-order valence-corrected chi connectivity index (χ2v) is 5.53. The first-order chi connectivity index (χ1) is 6.99. The summed E-state index contributed by atoms with van der Waals surface area (Å²) in [5, 5.41) is 8.69. The minimum atomic E-state index is 0.304. The Balaban J connectivity index is 3.52. The topological polar surface area (TPSA) is 29.5 Å². The van der Waals surface area contributed by atoms with Gasteiger partial charge in [-0.2, -0.15) is 0 Å². The molecule has 0 aromatic rings. The maximum atomic E-state index is 8.69. The van der Waals surface area contributed by atoms with Crippen LogP contribution in [0.5, 0.6) is 0 Å². The Labute approximate surface area is 95.0 Å². The molecule has 0 unspecified atom stereocenters. The van der Waals surface area contributed by atoms with E-state index in [1.54, 1.807) is 7.11 Å². The molecule has 2 nitrogen and oxygen atoms in total. The van der Waals surface area contributed by atoms with Crippen LogP contribution in [-0.2, 0) is 4.74 Å². The van der Waals surface area contributed by atoms with Crippen LogP contribution in [0, 0.1) is 5.41 Å². The minimum absolute atomic E-state index is 0.304. The molecule has 92 valence electrons. The van der Waals surface area contributed by atoms with E-state index in [0.29, 0.717) is 18.1 Å². The first kappa shape index (κ1) is 14.9. The van der Waals surface area contributed by atoms with E-state index >= 15 is 0 Å². The molecule has 0 aliphatic rings. The smallest absolute Gasteiger partial charge is 0.0571 e. The molecule has 0 rings (SSSR count). The highest BCUT2D eigenvalue weighted by atomic mass is 16.5. The van der Waals surface area contributed by atoms with Crippen molar-refractivity contribution in [3.8, 4) is 0 Å².